The molecule has 0 radical (unpaired) electrons. The van der Waals surface area contributed by atoms with Gasteiger partial charge in [-0.15, -0.1) is 0 Å². The molecule has 0 saturated carbocycles. The highest BCUT2D eigenvalue weighted by molar-refractivity contribution is 6.58. The van der Waals surface area contributed by atoms with Gasteiger partial charge in [-0.3, -0.25) is 0 Å². The molecule has 4 nitrogen and oxygen atoms in total. The van der Waals surface area contributed by atoms with Crippen LogP contribution in [0.15, 0.2) is 72.8 Å². The molecule has 4 aromatic carbocycles. The smallest absolute Gasteiger partial charge is 0.610 e. The molecule has 1 spiro atoms. The SMILES string of the molecule is Cc1cccc2c1O[B-]13Oc4c(C)cccc4-c4cccc(c4O1)CCc1cccc-2c1O3. The molecule has 0 aliphatic carbocycles. The Morgan fingerprint density at radius 1 is 0.485 bits per heavy atom. The lowest BCUT2D eigenvalue weighted by atomic mass is 9.94. The van der Waals surface area contributed by atoms with Crippen molar-refractivity contribution in [2.24, 2.45) is 0 Å². The Kier molecular flexibility index (Phi) is 3.73. The first kappa shape index (κ1) is 18.7. The Hall–Kier alpha value is -3.86. The Balaban J connectivity index is 1.60. The van der Waals surface area contributed by atoms with E-state index >= 15 is 0 Å². The van der Waals surface area contributed by atoms with Gasteiger partial charge in [-0.1, -0.05) is 72.8 Å². The zero-order valence-corrected chi connectivity index (χ0v) is 18.6. The second-order valence-electron chi connectivity index (χ2n) is 9.04. The highest BCUT2D eigenvalue weighted by atomic mass is 16.9. The van der Waals surface area contributed by atoms with Crippen molar-refractivity contribution in [3.05, 3.63) is 95.1 Å². The van der Waals surface area contributed by atoms with Crippen LogP contribution in [0.4, 0.5) is 0 Å². The minimum atomic E-state index is -2.68. The largest absolute Gasteiger partial charge is 0.777 e. The maximum absolute atomic E-state index is 6.72. The molecule has 0 aromatic heterocycles. The third kappa shape index (κ3) is 2.65. The van der Waals surface area contributed by atoms with Crippen LogP contribution in [0.1, 0.15) is 22.3 Å². The molecular weight excluding hydrogens is 411 g/mol. The number of rotatable bonds is 0. The molecule has 0 unspecified atom stereocenters. The van der Waals surface area contributed by atoms with Crippen molar-refractivity contribution in [3.8, 4) is 45.3 Å². The van der Waals surface area contributed by atoms with Crippen LogP contribution < -0.4 is 18.6 Å². The zero-order valence-electron chi connectivity index (χ0n) is 18.6. The quantitative estimate of drug-likeness (QED) is 0.300. The van der Waals surface area contributed by atoms with Crippen LogP contribution in [0.25, 0.3) is 22.3 Å². The van der Waals surface area contributed by atoms with E-state index in [9.17, 15) is 0 Å². The summed E-state index contributed by atoms with van der Waals surface area (Å²) in [5.74, 6) is 3.00. The van der Waals surface area contributed by atoms with E-state index in [0.717, 1.165) is 80.3 Å². The van der Waals surface area contributed by atoms with Gasteiger partial charge in [-0.05, 0) is 48.9 Å². The first-order chi connectivity index (χ1) is 16.1. The van der Waals surface area contributed by atoms with E-state index in [1.807, 2.05) is 38.1 Å². The molecule has 3 heterocycles. The summed E-state index contributed by atoms with van der Waals surface area (Å²) in [4.78, 5) is 0. The van der Waals surface area contributed by atoms with E-state index in [0.29, 0.717) is 0 Å². The monoisotopic (exact) mass is 433 g/mol. The van der Waals surface area contributed by atoms with Gasteiger partial charge in [-0.2, -0.15) is 0 Å². The number of benzene rings is 4. The third-order valence-electron chi connectivity index (χ3n) is 6.91. The Labute approximate surface area is 192 Å². The van der Waals surface area contributed by atoms with Crippen molar-refractivity contribution in [1.29, 1.82) is 0 Å². The topological polar surface area (TPSA) is 36.9 Å². The van der Waals surface area contributed by atoms with Crippen LogP contribution in [0.3, 0.4) is 0 Å². The fourth-order valence-electron chi connectivity index (χ4n) is 5.30. The summed E-state index contributed by atoms with van der Waals surface area (Å²) in [6, 6.07) is 24.9. The van der Waals surface area contributed by atoms with Gasteiger partial charge in [0.05, 0.1) is 23.0 Å². The Morgan fingerprint density at radius 2 is 0.848 bits per heavy atom. The average Bonchev–Trinajstić information content (AvgIpc) is 3.01. The Bertz CT molecular complexity index is 1350. The van der Waals surface area contributed by atoms with E-state index in [2.05, 4.69) is 48.5 Å². The number of hydrogen-bond donors (Lipinski definition) is 0. The van der Waals surface area contributed by atoms with Crippen molar-refractivity contribution in [1.82, 2.24) is 0 Å². The molecule has 3 aliphatic rings. The van der Waals surface area contributed by atoms with Gasteiger partial charge in [0.25, 0.3) is 0 Å². The number of para-hydroxylation sites is 4. The van der Waals surface area contributed by atoms with Gasteiger partial charge in [0, 0.05) is 22.3 Å². The minimum Gasteiger partial charge on any atom is -0.610 e. The highest BCUT2D eigenvalue weighted by Gasteiger charge is 2.49. The van der Waals surface area contributed by atoms with Crippen molar-refractivity contribution in [2.75, 3.05) is 0 Å². The normalized spacial score (nSPS) is 15.9. The predicted octanol–water partition coefficient (Wildman–Crippen LogP) is 6.41. The summed E-state index contributed by atoms with van der Waals surface area (Å²) in [6.07, 6.45) is 1.66. The number of aryl methyl sites for hydroxylation is 4. The molecule has 0 saturated heterocycles. The lowest BCUT2D eigenvalue weighted by Crippen LogP contribution is -2.60. The van der Waals surface area contributed by atoms with E-state index in [-0.39, 0.29) is 0 Å². The average molecular weight is 433 g/mol. The summed E-state index contributed by atoms with van der Waals surface area (Å²) >= 11 is 0. The predicted molar refractivity (Wildman–Crippen MR) is 129 cm³/mol. The molecule has 33 heavy (non-hydrogen) atoms. The van der Waals surface area contributed by atoms with Gasteiger partial charge < -0.3 is 18.6 Å². The molecule has 162 valence electrons. The summed E-state index contributed by atoms with van der Waals surface area (Å²) in [5, 5.41) is 0. The maximum atomic E-state index is 6.72. The lowest BCUT2D eigenvalue weighted by Gasteiger charge is -2.40. The second-order valence-corrected chi connectivity index (χ2v) is 9.04. The highest BCUT2D eigenvalue weighted by Crippen LogP contribution is 2.50. The van der Waals surface area contributed by atoms with Gasteiger partial charge in [-0.25, -0.2) is 0 Å². The van der Waals surface area contributed by atoms with Crippen molar-refractivity contribution < 1.29 is 18.6 Å². The molecular formula is C28H22BO4-. The van der Waals surface area contributed by atoms with E-state index in [1.54, 1.807) is 0 Å². The van der Waals surface area contributed by atoms with Crippen LogP contribution in [-0.2, 0) is 12.8 Å². The number of fused-ring (bicyclic) bond motifs is 4. The summed E-state index contributed by atoms with van der Waals surface area (Å²) < 4.78 is 26.8. The molecule has 7 rings (SSSR count). The molecule has 4 aromatic rings. The van der Waals surface area contributed by atoms with E-state index in [1.165, 1.54) is 0 Å². The fourth-order valence-corrected chi connectivity index (χ4v) is 5.30. The molecule has 0 fully saturated rings. The Morgan fingerprint density at radius 3 is 1.30 bits per heavy atom. The summed E-state index contributed by atoms with van der Waals surface area (Å²) in [5.41, 5.74) is 8.21. The summed E-state index contributed by atoms with van der Waals surface area (Å²) in [6.45, 7) is 1.40. The first-order valence-electron chi connectivity index (χ1n) is 11.4. The molecule has 0 amide bonds. The molecule has 0 atom stereocenters. The fraction of sp³-hybridized carbons (Fsp3) is 0.143. The summed E-state index contributed by atoms with van der Waals surface area (Å²) in [7, 11) is 0. The van der Waals surface area contributed by atoms with Crippen LogP contribution in [0.2, 0.25) is 0 Å². The van der Waals surface area contributed by atoms with Gasteiger partial charge in [0.2, 0.25) is 0 Å². The van der Waals surface area contributed by atoms with Crippen LogP contribution in [0, 0.1) is 13.8 Å². The van der Waals surface area contributed by atoms with Crippen molar-refractivity contribution in [3.63, 3.8) is 0 Å². The van der Waals surface area contributed by atoms with Crippen LogP contribution >= 0.6 is 0 Å². The molecule has 5 heteroatoms. The van der Waals surface area contributed by atoms with Gasteiger partial charge in [0.1, 0.15) is 0 Å². The minimum absolute atomic E-state index is 0.727. The lowest BCUT2D eigenvalue weighted by molar-refractivity contribution is 0.165. The first-order valence-corrected chi connectivity index (χ1v) is 11.4. The second kappa shape index (κ2) is 6.58. The van der Waals surface area contributed by atoms with E-state index < -0.39 is 6.96 Å². The van der Waals surface area contributed by atoms with Crippen LogP contribution in [0.5, 0.6) is 23.0 Å². The molecule has 3 aliphatic heterocycles. The van der Waals surface area contributed by atoms with Gasteiger partial charge in [0.15, 0.2) is 0 Å². The van der Waals surface area contributed by atoms with E-state index in [4.69, 9.17) is 18.6 Å². The molecule has 0 N–H and O–H groups in total. The van der Waals surface area contributed by atoms with Gasteiger partial charge >= 0.3 is 6.96 Å². The third-order valence-corrected chi connectivity index (χ3v) is 6.91. The van der Waals surface area contributed by atoms with Crippen molar-refractivity contribution in [2.45, 2.75) is 26.7 Å². The van der Waals surface area contributed by atoms with Crippen molar-refractivity contribution >= 4 is 6.96 Å². The maximum Gasteiger partial charge on any atom is 0.777 e. The van der Waals surface area contributed by atoms with Crippen LogP contribution in [-0.4, -0.2) is 6.96 Å². The standard InChI is InChI=1S/C28H22BO4/c1-17-7-3-11-21-23-13-5-9-19-15-16-20-10-6-14-24-22-12-4-8-18(2)26(22)31-29(30-25(17)21,32-27(19)23)33-28(20)24/h3-14H,15-16H2,1-2H3/q-1. The molecule has 3 bridgehead atoms. The zero-order chi connectivity index (χ0) is 22.2. The number of hydrogen-bond acceptors (Lipinski definition) is 4.